The maximum absolute atomic E-state index is 4.73. The molecule has 0 aliphatic carbocycles. The van der Waals surface area contributed by atoms with Gasteiger partial charge >= 0.3 is 0 Å². The minimum atomic E-state index is -0.0804. The third-order valence-electron chi connectivity index (χ3n) is 3.14. The Kier molecular flexibility index (Phi) is 4.93. The van der Waals surface area contributed by atoms with Crippen molar-refractivity contribution >= 4 is 21.7 Å². The first-order valence-corrected chi connectivity index (χ1v) is 7.89. The highest BCUT2D eigenvalue weighted by atomic mass is 79.9. The maximum atomic E-state index is 4.73. The molecule has 0 N–H and O–H groups in total. The zero-order valence-corrected chi connectivity index (χ0v) is 14.6. The maximum Gasteiger partial charge on any atom is 0.137 e. The monoisotopic (exact) mass is 348 g/mol. The van der Waals surface area contributed by atoms with Crippen molar-refractivity contribution in [2.24, 2.45) is 0 Å². The summed E-state index contributed by atoms with van der Waals surface area (Å²) in [6, 6.07) is 7.93. The Morgan fingerprint density at radius 3 is 2.52 bits per heavy atom. The van der Waals surface area contributed by atoms with Crippen LogP contribution < -0.4 is 4.90 Å². The molecule has 2 aromatic heterocycles. The quantitative estimate of drug-likeness (QED) is 0.784. The van der Waals surface area contributed by atoms with Crippen molar-refractivity contribution in [2.75, 3.05) is 11.4 Å². The lowest BCUT2D eigenvalue weighted by Gasteiger charge is -2.24. The number of pyridine rings is 1. The third-order valence-corrected chi connectivity index (χ3v) is 3.54. The molecule has 0 radical (unpaired) electrons. The number of aromatic nitrogens is 3. The predicted octanol–water partition coefficient (Wildman–Crippen LogP) is 3.96. The van der Waals surface area contributed by atoms with E-state index < -0.39 is 0 Å². The Labute approximate surface area is 134 Å². The number of anilines is 1. The average molecular weight is 349 g/mol. The molecule has 21 heavy (non-hydrogen) atoms. The lowest BCUT2D eigenvalue weighted by Crippen LogP contribution is -2.26. The smallest absolute Gasteiger partial charge is 0.137 e. The van der Waals surface area contributed by atoms with Gasteiger partial charge in [-0.2, -0.15) is 0 Å². The summed E-state index contributed by atoms with van der Waals surface area (Å²) < 4.78 is 0.817. The van der Waals surface area contributed by atoms with Crippen LogP contribution in [0.1, 0.15) is 39.2 Å². The van der Waals surface area contributed by atoms with Gasteiger partial charge in [-0.25, -0.2) is 9.97 Å². The fraction of sp³-hybridized carbons (Fsp3) is 0.438. The standard InChI is InChI=1S/C16H21BrN4/c1-5-21(11-12-8-6-7-9-18-12)14-10-13(17)19-15(20-14)16(2,3)4/h6-10H,5,11H2,1-4H3. The Morgan fingerprint density at radius 2 is 1.95 bits per heavy atom. The zero-order chi connectivity index (χ0) is 15.5. The molecule has 2 aromatic rings. The van der Waals surface area contributed by atoms with Crippen molar-refractivity contribution in [3.05, 3.63) is 46.6 Å². The minimum absolute atomic E-state index is 0.0804. The second-order valence-corrected chi connectivity index (χ2v) is 6.77. The van der Waals surface area contributed by atoms with E-state index in [1.807, 2.05) is 30.5 Å². The van der Waals surface area contributed by atoms with Gasteiger partial charge in [0.25, 0.3) is 0 Å². The second-order valence-electron chi connectivity index (χ2n) is 5.96. The molecule has 0 saturated heterocycles. The molecule has 2 rings (SSSR count). The van der Waals surface area contributed by atoms with Crippen LogP contribution in [-0.4, -0.2) is 21.5 Å². The van der Waals surface area contributed by atoms with E-state index in [-0.39, 0.29) is 5.41 Å². The summed E-state index contributed by atoms with van der Waals surface area (Å²) in [5.41, 5.74) is 0.953. The molecule has 0 atom stereocenters. The molecular formula is C16H21BrN4. The van der Waals surface area contributed by atoms with E-state index in [0.29, 0.717) is 0 Å². The minimum Gasteiger partial charge on any atom is -0.351 e. The van der Waals surface area contributed by atoms with Gasteiger partial charge in [0.15, 0.2) is 0 Å². The van der Waals surface area contributed by atoms with Crippen LogP contribution in [-0.2, 0) is 12.0 Å². The summed E-state index contributed by atoms with van der Waals surface area (Å²) in [4.78, 5) is 15.8. The third kappa shape index (κ3) is 4.24. The normalized spacial score (nSPS) is 11.5. The van der Waals surface area contributed by atoms with E-state index in [1.54, 1.807) is 0 Å². The van der Waals surface area contributed by atoms with Gasteiger partial charge in [-0.05, 0) is 35.0 Å². The topological polar surface area (TPSA) is 41.9 Å². The molecule has 5 heteroatoms. The lowest BCUT2D eigenvalue weighted by molar-refractivity contribution is 0.542. The molecule has 2 heterocycles. The number of rotatable bonds is 4. The first-order chi connectivity index (χ1) is 9.90. The van der Waals surface area contributed by atoms with Gasteiger partial charge in [-0.3, -0.25) is 4.98 Å². The molecule has 0 aliphatic rings. The molecule has 0 unspecified atom stereocenters. The fourth-order valence-corrected chi connectivity index (χ4v) is 2.32. The number of nitrogens with zero attached hydrogens (tertiary/aromatic N) is 4. The van der Waals surface area contributed by atoms with Crippen LogP contribution in [0.2, 0.25) is 0 Å². The van der Waals surface area contributed by atoms with E-state index in [9.17, 15) is 0 Å². The second kappa shape index (κ2) is 6.52. The van der Waals surface area contributed by atoms with Gasteiger partial charge in [0.2, 0.25) is 0 Å². The average Bonchev–Trinajstić information content (AvgIpc) is 2.44. The van der Waals surface area contributed by atoms with Crippen molar-refractivity contribution in [3.63, 3.8) is 0 Å². The van der Waals surface area contributed by atoms with Crippen molar-refractivity contribution in [1.29, 1.82) is 0 Å². The molecule has 0 amide bonds. The first kappa shape index (κ1) is 15.9. The van der Waals surface area contributed by atoms with Crippen LogP contribution in [0.4, 0.5) is 5.82 Å². The Hall–Kier alpha value is -1.49. The van der Waals surface area contributed by atoms with E-state index in [4.69, 9.17) is 4.98 Å². The van der Waals surface area contributed by atoms with E-state index in [0.717, 1.165) is 35.0 Å². The van der Waals surface area contributed by atoms with Crippen molar-refractivity contribution < 1.29 is 0 Å². The number of hydrogen-bond donors (Lipinski definition) is 0. The van der Waals surface area contributed by atoms with Gasteiger partial charge in [0.05, 0.1) is 12.2 Å². The van der Waals surface area contributed by atoms with Gasteiger partial charge in [0, 0.05) is 24.2 Å². The van der Waals surface area contributed by atoms with Crippen LogP contribution in [0.15, 0.2) is 35.1 Å². The molecule has 112 valence electrons. The van der Waals surface area contributed by atoms with Crippen molar-refractivity contribution in [2.45, 2.75) is 39.7 Å². The first-order valence-electron chi connectivity index (χ1n) is 7.10. The van der Waals surface area contributed by atoms with Crippen LogP contribution in [0.3, 0.4) is 0 Å². The van der Waals surface area contributed by atoms with Crippen LogP contribution in [0, 0.1) is 0 Å². The zero-order valence-electron chi connectivity index (χ0n) is 13.0. The molecule has 0 saturated carbocycles. The van der Waals surface area contributed by atoms with Gasteiger partial charge in [0.1, 0.15) is 16.2 Å². The summed E-state index contributed by atoms with van der Waals surface area (Å²) in [6.45, 7) is 10.1. The summed E-state index contributed by atoms with van der Waals surface area (Å²) in [5, 5.41) is 0. The van der Waals surface area contributed by atoms with Gasteiger partial charge < -0.3 is 4.90 Å². The van der Waals surface area contributed by atoms with Crippen molar-refractivity contribution in [3.8, 4) is 0 Å². The molecule has 0 bridgehead atoms. The van der Waals surface area contributed by atoms with E-state index >= 15 is 0 Å². The van der Waals surface area contributed by atoms with Crippen LogP contribution in [0.5, 0.6) is 0 Å². The highest BCUT2D eigenvalue weighted by Crippen LogP contribution is 2.24. The Morgan fingerprint density at radius 1 is 1.19 bits per heavy atom. The molecule has 0 aliphatic heterocycles. The van der Waals surface area contributed by atoms with Gasteiger partial charge in [-0.15, -0.1) is 0 Å². The molecular weight excluding hydrogens is 328 g/mol. The molecule has 0 fully saturated rings. The van der Waals surface area contributed by atoms with E-state index in [1.165, 1.54) is 0 Å². The summed E-state index contributed by atoms with van der Waals surface area (Å²) in [6.07, 6.45) is 1.82. The SMILES string of the molecule is CCN(Cc1ccccn1)c1cc(Br)nc(C(C)(C)C)n1. The Bertz CT molecular complexity index is 593. The van der Waals surface area contributed by atoms with Crippen LogP contribution in [0.25, 0.3) is 0 Å². The van der Waals surface area contributed by atoms with Crippen LogP contribution >= 0.6 is 15.9 Å². The summed E-state index contributed by atoms with van der Waals surface area (Å²) >= 11 is 3.49. The molecule has 0 spiro atoms. The number of hydrogen-bond acceptors (Lipinski definition) is 4. The lowest BCUT2D eigenvalue weighted by atomic mass is 9.96. The highest BCUT2D eigenvalue weighted by molar-refractivity contribution is 9.10. The predicted molar refractivity (Wildman–Crippen MR) is 89.4 cm³/mol. The summed E-state index contributed by atoms with van der Waals surface area (Å²) in [7, 11) is 0. The fourth-order valence-electron chi connectivity index (χ4n) is 1.95. The summed E-state index contributed by atoms with van der Waals surface area (Å²) in [5.74, 6) is 1.77. The number of halogens is 1. The largest absolute Gasteiger partial charge is 0.351 e. The molecule has 0 aromatic carbocycles. The molecule has 4 nitrogen and oxygen atoms in total. The Balaban J connectivity index is 2.32. The van der Waals surface area contributed by atoms with E-state index in [2.05, 4.69) is 58.5 Å². The van der Waals surface area contributed by atoms with Gasteiger partial charge in [-0.1, -0.05) is 26.8 Å². The highest BCUT2D eigenvalue weighted by Gasteiger charge is 2.20. The van der Waals surface area contributed by atoms with Crippen molar-refractivity contribution in [1.82, 2.24) is 15.0 Å².